The van der Waals surface area contributed by atoms with Gasteiger partial charge in [0.05, 0.1) is 0 Å². The number of guanidine groups is 1. The molecule has 1 unspecified atom stereocenters. The van der Waals surface area contributed by atoms with Gasteiger partial charge < -0.3 is 16.4 Å². The molecule has 0 bridgehead atoms. The summed E-state index contributed by atoms with van der Waals surface area (Å²) >= 11 is 0. The molecule has 202 valence electrons. The van der Waals surface area contributed by atoms with Crippen LogP contribution in [0.2, 0.25) is 0 Å². The van der Waals surface area contributed by atoms with Crippen LogP contribution >= 0.6 is 0 Å². The summed E-state index contributed by atoms with van der Waals surface area (Å²) in [5.41, 5.74) is 15.4. The van der Waals surface area contributed by atoms with Crippen molar-refractivity contribution < 1.29 is 0 Å². The molecule has 0 aromatic heterocycles. The number of nitrogens with two attached hydrogens (primary N) is 2. The van der Waals surface area contributed by atoms with Gasteiger partial charge in [-0.2, -0.15) is 0 Å². The zero-order chi connectivity index (χ0) is 27.8. The molecule has 4 N–H and O–H groups in total. The van der Waals surface area contributed by atoms with Crippen molar-refractivity contribution in [2.24, 2.45) is 22.4 Å². The van der Waals surface area contributed by atoms with Crippen LogP contribution in [-0.2, 0) is 12.1 Å². The smallest absolute Gasteiger partial charge is 0.192 e. The van der Waals surface area contributed by atoms with Crippen LogP contribution in [0.1, 0.15) is 61.8 Å². The number of hydrogen-bond acceptors (Lipinski definition) is 2. The Morgan fingerprint density at radius 2 is 1.55 bits per heavy atom. The molecule has 3 rings (SSSR count). The number of nitrogens with zero attached hydrogens (tertiary/aromatic N) is 2. The van der Waals surface area contributed by atoms with E-state index in [9.17, 15) is 0 Å². The van der Waals surface area contributed by atoms with Gasteiger partial charge in [-0.3, -0.25) is 0 Å². The minimum absolute atomic E-state index is 0.446. The first-order valence-electron chi connectivity index (χ1n) is 13.6. The second-order valence-corrected chi connectivity index (χ2v) is 9.81. The number of aliphatic imine (C=N–C) groups is 1. The molecule has 3 aromatic rings. The molecule has 1 atom stereocenters. The van der Waals surface area contributed by atoms with Crippen LogP contribution in [-0.4, -0.2) is 24.5 Å². The van der Waals surface area contributed by atoms with Gasteiger partial charge in [0.25, 0.3) is 0 Å². The van der Waals surface area contributed by atoms with Crippen LogP contribution < -0.4 is 11.5 Å². The summed E-state index contributed by atoms with van der Waals surface area (Å²) in [6.07, 6.45) is 9.05. The molecule has 38 heavy (non-hydrogen) atoms. The molecule has 0 fully saturated rings. The van der Waals surface area contributed by atoms with Crippen molar-refractivity contribution in [1.29, 1.82) is 0 Å². The lowest BCUT2D eigenvalue weighted by atomic mass is 9.83. The van der Waals surface area contributed by atoms with Crippen LogP contribution in [0.25, 0.3) is 6.08 Å². The first kappa shape index (κ1) is 30.6. The zero-order valence-electron chi connectivity index (χ0n) is 23.5. The monoisotopic (exact) mass is 510 g/mol. The first-order valence-corrected chi connectivity index (χ1v) is 13.6. The third kappa shape index (κ3) is 9.04. The Morgan fingerprint density at radius 1 is 0.947 bits per heavy atom. The quantitative estimate of drug-likeness (QED) is 0.116. The molecule has 0 spiro atoms. The summed E-state index contributed by atoms with van der Waals surface area (Å²) in [4.78, 5) is 6.94. The molecule has 0 aliphatic carbocycles. The van der Waals surface area contributed by atoms with E-state index in [1.54, 1.807) is 0 Å². The van der Waals surface area contributed by atoms with Gasteiger partial charge in [-0.25, -0.2) is 4.99 Å². The van der Waals surface area contributed by atoms with E-state index in [2.05, 4.69) is 63.4 Å². The summed E-state index contributed by atoms with van der Waals surface area (Å²) in [5, 5.41) is 0. The van der Waals surface area contributed by atoms with Crippen molar-refractivity contribution in [3.05, 3.63) is 126 Å². The average molecular weight is 511 g/mol. The second kappa shape index (κ2) is 16.3. The third-order valence-electron chi connectivity index (χ3n) is 6.71. The van der Waals surface area contributed by atoms with E-state index < -0.39 is 5.54 Å². The standard InChI is InChI=1S/C26H27N3.C8H19N/c1-4-21-13-12-14-22(19-21)20-29(3)25(27)28-26(5-2,23-15-8-6-9-16-23)24-17-10-7-11-18-24;1-3-4-5-6-8(2)7-9/h4-19H,1-2,20H2,3H3,(H2,27,28);8H,3-7,9H2,1-2H3. The Balaban J connectivity index is 0.000000484. The van der Waals surface area contributed by atoms with E-state index in [4.69, 9.17) is 16.5 Å². The Kier molecular flexibility index (Phi) is 13.1. The predicted molar refractivity (Wildman–Crippen MR) is 166 cm³/mol. The Morgan fingerprint density at radius 3 is 2.05 bits per heavy atom. The molecule has 0 aliphatic rings. The Labute approximate surface area is 230 Å². The lowest BCUT2D eigenvalue weighted by Crippen LogP contribution is -2.37. The molecule has 0 radical (unpaired) electrons. The SMILES string of the molecule is C=Cc1cccc(CN(C)C(N)=NC(C=C)(c2ccccc2)c2ccccc2)c1.CCCCCC(C)CN. The van der Waals surface area contributed by atoms with Gasteiger partial charge in [-0.05, 0) is 47.2 Å². The van der Waals surface area contributed by atoms with E-state index in [1.165, 1.54) is 25.7 Å². The fourth-order valence-electron chi connectivity index (χ4n) is 4.26. The van der Waals surface area contributed by atoms with Crippen molar-refractivity contribution in [2.45, 2.75) is 51.6 Å². The fourth-order valence-corrected chi connectivity index (χ4v) is 4.26. The van der Waals surface area contributed by atoms with Crippen LogP contribution in [0, 0.1) is 5.92 Å². The minimum Gasteiger partial charge on any atom is -0.370 e. The van der Waals surface area contributed by atoms with Crippen molar-refractivity contribution in [3.8, 4) is 0 Å². The summed E-state index contributed by atoms with van der Waals surface area (Å²) < 4.78 is 0. The molecule has 0 aliphatic heterocycles. The van der Waals surface area contributed by atoms with Crippen LogP contribution in [0.5, 0.6) is 0 Å². The lowest BCUT2D eigenvalue weighted by Gasteiger charge is -2.30. The van der Waals surface area contributed by atoms with Crippen LogP contribution in [0.15, 0.2) is 109 Å². The van der Waals surface area contributed by atoms with Crippen molar-refractivity contribution >= 4 is 12.0 Å². The molecule has 4 nitrogen and oxygen atoms in total. The van der Waals surface area contributed by atoms with Gasteiger partial charge >= 0.3 is 0 Å². The highest BCUT2D eigenvalue weighted by Crippen LogP contribution is 2.35. The van der Waals surface area contributed by atoms with Crippen molar-refractivity contribution in [2.75, 3.05) is 13.6 Å². The lowest BCUT2D eigenvalue weighted by molar-refractivity contribution is 0.483. The summed E-state index contributed by atoms with van der Waals surface area (Å²) in [6, 6.07) is 28.5. The van der Waals surface area contributed by atoms with Crippen molar-refractivity contribution in [1.82, 2.24) is 4.90 Å². The maximum atomic E-state index is 6.48. The molecule has 4 heteroatoms. The fraction of sp³-hybridized carbons (Fsp3) is 0.324. The maximum Gasteiger partial charge on any atom is 0.192 e. The normalized spacial score (nSPS) is 12.2. The number of benzene rings is 3. The minimum atomic E-state index is -0.760. The Bertz CT molecular complexity index is 1080. The van der Waals surface area contributed by atoms with Crippen molar-refractivity contribution in [3.63, 3.8) is 0 Å². The highest BCUT2D eigenvalue weighted by Gasteiger charge is 2.31. The van der Waals surface area contributed by atoms with E-state index in [0.29, 0.717) is 12.5 Å². The van der Waals surface area contributed by atoms with Gasteiger partial charge in [0, 0.05) is 13.6 Å². The number of unbranched alkanes of at least 4 members (excludes halogenated alkanes) is 2. The summed E-state index contributed by atoms with van der Waals surface area (Å²) in [7, 11) is 1.95. The third-order valence-corrected chi connectivity index (χ3v) is 6.71. The highest BCUT2D eigenvalue weighted by molar-refractivity contribution is 5.79. The molecular weight excluding hydrogens is 464 g/mol. The molecule has 0 saturated carbocycles. The summed E-state index contributed by atoms with van der Waals surface area (Å²) in [5.74, 6) is 1.18. The van der Waals surface area contributed by atoms with Crippen LogP contribution in [0.3, 0.4) is 0 Å². The molecule has 3 aromatic carbocycles. The molecule has 0 amide bonds. The van der Waals surface area contributed by atoms with Gasteiger partial charge in [0.1, 0.15) is 5.54 Å². The first-order chi connectivity index (χ1) is 18.4. The average Bonchev–Trinajstić information content (AvgIpc) is 2.97. The predicted octanol–water partition coefficient (Wildman–Crippen LogP) is 7.37. The number of rotatable bonds is 12. The molecular formula is C34H46N4. The van der Waals surface area contributed by atoms with Gasteiger partial charge in [-0.1, -0.05) is 137 Å². The van der Waals surface area contributed by atoms with E-state index >= 15 is 0 Å². The molecule has 0 heterocycles. The molecule has 0 saturated heterocycles. The van der Waals surface area contributed by atoms with E-state index in [-0.39, 0.29) is 0 Å². The van der Waals surface area contributed by atoms with E-state index in [1.807, 2.05) is 72.6 Å². The summed E-state index contributed by atoms with van der Waals surface area (Å²) in [6.45, 7) is 13.9. The van der Waals surface area contributed by atoms with Crippen LogP contribution in [0.4, 0.5) is 0 Å². The number of hydrogen-bond donors (Lipinski definition) is 2. The van der Waals surface area contributed by atoms with Gasteiger partial charge in [-0.15, -0.1) is 0 Å². The second-order valence-electron chi connectivity index (χ2n) is 9.81. The van der Waals surface area contributed by atoms with E-state index in [0.717, 1.165) is 34.7 Å². The highest BCUT2D eigenvalue weighted by atomic mass is 15.2. The van der Waals surface area contributed by atoms with Gasteiger partial charge in [0.15, 0.2) is 5.96 Å². The topological polar surface area (TPSA) is 67.6 Å². The van der Waals surface area contributed by atoms with Gasteiger partial charge in [0.2, 0.25) is 0 Å². The zero-order valence-corrected chi connectivity index (χ0v) is 23.5. The maximum absolute atomic E-state index is 6.48. The Hall–Kier alpha value is -3.63. The largest absolute Gasteiger partial charge is 0.370 e.